The van der Waals surface area contributed by atoms with E-state index in [-0.39, 0.29) is 12.5 Å². The highest BCUT2D eigenvalue weighted by Crippen LogP contribution is 2.19. The zero-order valence-corrected chi connectivity index (χ0v) is 14.2. The van der Waals surface area contributed by atoms with Gasteiger partial charge >= 0.3 is 5.97 Å². The smallest absolute Gasteiger partial charge is 0.338 e. The number of benzene rings is 1. The summed E-state index contributed by atoms with van der Waals surface area (Å²) in [5, 5.41) is 2.79. The highest BCUT2D eigenvalue weighted by molar-refractivity contribution is 5.91. The van der Waals surface area contributed by atoms with Crippen LogP contribution in [-0.2, 0) is 9.53 Å². The summed E-state index contributed by atoms with van der Waals surface area (Å²) in [5.41, 5.74) is 1.81. The second-order valence-electron chi connectivity index (χ2n) is 5.74. The number of hydrogen-bond donors (Lipinski definition) is 1. The van der Waals surface area contributed by atoms with Crippen LogP contribution in [0.2, 0.25) is 0 Å². The molecule has 0 bridgehead atoms. The molecule has 5 heteroatoms. The van der Waals surface area contributed by atoms with Crippen LogP contribution in [0.5, 0.6) is 5.75 Å². The molecule has 5 nitrogen and oxygen atoms in total. The van der Waals surface area contributed by atoms with Gasteiger partial charge in [0.1, 0.15) is 5.75 Å². The molecule has 1 aliphatic rings. The van der Waals surface area contributed by atoms with E-state index in [4.69, 9.17) is 9.47 Å². The Hall–Kier alpha value is -2.30. The van der Waals surface area contributed by atoms with Crippen LogP contribution in [0.15, 0.2) is 35.9 Å². The van der Waals surface area contributed by atoms with Crippen molar-refractivity contribution in [1.82, 2.24) is 5.32 Å². The number of carbonyl (C=O) groups is 2. The lowest BCUT2D eigenvalue weighted by Gasteiger charge is -2.13. The van der Waals surface area contributed by atoms with Gasteiger partial charge in [0.2, 0.25) is 0 Å². The molecule has 1 aromatic carbocycles. The van der Waals surface area contributed by atoms with Crippen molar-refractivity contribution in [3.05, 3.63) is 41.5 Å². The molecule has 2 rings (SSSR count). The highest BCUT2D eigenvalue weighted by Gasteiger charge is 2.10. The first-order valence-corrected chi connectivity index (χ1v) is 8.53. The molecule has 1 N–H and O–H groups in total. The maximum absolute atomic E-state index is 11.9. The molecule has 24 heavy (non-hydrogen) atoms. The number of allylic oxidation sites excluding steroid dienone is 1. The number of amides is 1. The first kappa shape index (κ1) is 18.0. The first-order valence-electron chi connectivity index (χ1n) is 8.53. The maximum Gasteiger partial charge on any atom is 0.338 e. The van der Waals surface area contributed by atoms with E-state index in [9.17, 15) is 9.59 Å². The molecular formula is C19H25NO4. The van der Waals surface area contributed by atoms with Gasteiger partial charge in [0.05, 0.1) is 12.2 Å². The summed E-state index contributed by atoms with van der Waals surface area (Å²) < 4.78 is 10.3. The van der Waals surface area contributed by atoms with Crippen LogP contribution < -0.4 is 10.1 Å². The van der Waals surface area contributed by atoms with Gasteiger partial charge in [-0.05, 0) is 63.3 Å². The molecule has 0 saturated heterocycles. The molecule has 1 aliphatic carbocycles. The Balaban J connectivity index is 1.66. The zero-order chi connectivity index (χ0) is 17.2. The number of rotatable bonds is 8. The normalized spacial score (nSPS) is 13.8. The second kappa shape index (κ2) is 9.75. The van der Waals surface area contributed by atoms with E-state index in [2.05, 4.69) is 11.4 Å². The molecule has 0 aliphatic heterocycles. The number of ether oxygens (including phenoxy) is 2. The minimum atomic E-state index is -0.511. The molecule has 130 valence electrons. The van der Waals surface area contributed by atoms with Gasteiger partial charge in [0.15, 0.2) is 6.61 Å². The SMILES string of the molecule is CCOc1ccc(C(=O)OCC(=O)NCCC2=CCCCC2)cc1. The monoisotopic (exact) mass is 331 g/mol. The van der Waals surface area contributed by atoms with E-state index in [1.54, 1.807) is 24.3 Å². The summed E-state index contributed by atoms with van der Waals surface area (Å²) in [5.74, 6) is -0.0855. The molecule has 0 radical (unpaired) electrons. The third kappa shape index (κ3) is 6.07. The fraction of sp³-hybridized carbons (Fsp3) is 0.474. The lowest BCUT2D eigenvalue weighted by molar-refractivity contribution is -0.124. The quantitative estimate of drug-likeness (QED) is 0.587. The van der Waals surface area contributed by atoms with Gasteiger partial charge in [-0.1, -0.05) is 11.6 Å². The van der Waals surface area contributed by atoms with Crippen molar-refractivity contribution in [2.24, 2.45) is 0 Å². The van der Waals surface area contributed by atoms with Crippen LogP contribution in [0.3, 0.4) is 0 Å². The Morgan fingerprint density at radius 3 is 2.62 bits per heavy atom. The third-order valence-corrected chi connectivity index (χ3v) is 3.89. The van der Waals surface area contributed by atoms with Crippen LogP contribution in [0.25, 0.3) is 0 Å². The molecule has 0 heterocycles. The molecule has 0 atom stereocenters. The Kier molecular flexibility index (Phi) is 7.33. The van der Waals surface area contributed by atoms with Gasteiger partial charge in [0.25, 0.3) is 5.91 Å². The van der Waals surface area contributed by atoms with Crippen LogP contribution in [0, 0.1) is 0 Å². The number of nitrogens with one attached hydrogen (secondary N) is 1. The molecule has 0 aromatic heterocycles. The lowest BCUT2D eigenvalue weighted by Crippen LogP contribution is -2.29. The standard InChI is InChI=1S/C19H25NO4/c1-2-23-17-10-8-16(9-11-17)19(22)24-14-18(21)20-13-12-15-6-4-3-5-7-15/h6,8-11H,2-5,7,12-14H2,1H3,(H,20,21). The largest absolute Gasteiger partial charge is 0.494 e. The molecule has 0 fully saturated rings. The van der Waals surface area contributed by atoms with Crippen molar-refractivity contribution in [3.63, 3.8) is 0 Å². The molecule has 1 aromatic rings. The molecule has 0 unspecified atom stereocenters. The van der Waals surface area contributed by atoms with Crippen LogP contribution >= 0.6 is 0 Å². The summed E-state index contributed by atoms with van der Waals surface area (Å²) in [6.07, 6.45) is 7.91. The molecule has 1 amide bonds. The van der Waals surface area contributed by atoms with E-state index in [0.717, 1.165) is 19.3 Å². The van der Waals surface area contributed by atoms with Crippen molar-refractivity contribution in [1.29, 1.82) is 0 Å². The van der Waals surface area contributed by atoms with Crippen molar-refractivity contribution >= 4 is 11.9 Å². The third-order valence-electron chi connectivity index (χ3n) is 3.89. The van der Waals surface area contributed by atoms with E-state index in [1.807, 2.05) is 6.92 Å². The van der Waals surface area contributed by atoms with Crippen LogP contribution in [0.4, 0.5) is 0 Å². The lowest BCUT2D eigenvalue weighted by atomic mass is 9.97. The Morgan fingerprint density at radius 1 is 1.17 bits per heavy atom. The van der Waals surface area contributed by atoms with Gasteiger partial charge in [-0.2, -0.15) is 0 Å². The van der Waals surface area contributed by atoms with E-state index in [0.29, 0.717) is 24.5 Å². The maximum atomic E-state index is 11.9. The Bertz CT molecular complexity index is 578. The van der Waals surface area contributed by atoms with Crippen molar-refractivity contribution in [2.45, 2.75) is 39.0 Å². The molecule has 0 spiro atoms. The number of esters is 1. The van der Waals surface area contributed by atoms with Gasteiger partial charge in [0, 0.05) is 6.54 Å². The first-order chi connectivity index (χ1) is 11.7. The number of hydrogen-bond acceptors (Lipinski definition) is 4. The van der Waals surface area contributed by atoms with Gasteiger partial charge < -0.3 is 14.8 Å². The van der Waals surface area contributed by atoms with E-state index >= 15 is 0 Å². The average Bonchev–Trinajstić information content (AvgIpc) is 2.61. The van der Waals surface area contributed by atoms with Crippen molar-refractivity contribution in [3.8, 4) is 5.75 Å². The fourth-order valence-corrected chi connectivity index (χ4v) is 2.61. The van der Waals surface area contributed by atoms with Crippen LogP contribution in [-0.4, -0.2) is 31.6 Å². The minimum absolute atomic E-state index is 0.259. The zero-order valence-electron chi connectivity index (χ0n) is 14.2. The summed E-state index contributed by atoms with van der Waals surface area (Å²) in [7, 11) is 0. The second-order valence-corrected chi connectivity index (χ2v) is 5.74. The highest BCUT2D eigenvalue weighted by atomic mass is 16.5. The van der Waals surface area contributed by atoms with Gasteiger partial charge in [-0.25, -0.2) is 4.79 Å². The van der Waals surface area contributed by atoms with Gasteiger partial charge in [-0.15, -0.1) is 0 Å². The Morgan fingerprint density at radius 2 is 1.96 bits per heavy atom. The minimum Gasteiger partial charge on any atom is -0.494 e. The van der Waals surface area contributed by atoms with E-state index in [1.165, 1.54) is 18.4 Å². The Labute approximate surface area is 143 Å². The summed E-state index contributed by atoms with van der Waals surface area (Å²) in [4.78, 5) is 23.6. The summed E-state index contributed by atoms with van der Waals surface area (Å²) in [6.45, 7) is 2.79. The van der Waals surface area contributed by atoms with Crippen molar-refractivity contribution in [2.75, 3.05) is 19.8 Å². The topological polar surface area (TPSA) is 64.6 Å². The van der Waals surface area contributed by atoms with Gasteiger partial charge in [-0.3, -0.25) is 4.79 Å². The van der Waals surface area contributed by atoms with Crippen molar-refractivity contribution < 1.29 is 19.1 Å². The molecule has 0 saturated carbocycles. The summed E-state index contributed by atoms with van der Waals surface area (Å²) >= 11 is 0. The number of carbonyl (C=O) groups excluding carboxylic acids is 2. The summed E-state index contributed by atoms with van der Waals surface area (Å²) in [6, 6.07) is 6.66. The predicted octanol–water partition coefficient (Wildman–Crippen LogP) is 3.25. The molecular weight excluding hydrogens is 306 g/mol. The van der Waals surface area contributed by atoms with Crippen LogP contribution in [0.1, 0.15) is 49.4 Å². The predicted molar refractivity (Wildman–Crippen MR) is 92.1 cm³/mol. The van der Waals surface area contributed by atoms with E-state index < -0.39 is 5.97 Å². The fourth-order valence-electron chi connectivity index (χ4n) is 2.61. The average molecular weight is 331 g/mol.